The molecular weight excluding hydrogens is 160 g/mol. The van der Waals surface area contributed by atoms with Crippen molar-refractivity contribution >= 4 is 22.9 Å². The largest absolute Gasteiger partial charge is 0.449 e. The molecule has 2 aliphatic rings. The molecule has 1 heteroatoms. The predicted octanol–water partition coefficient (Wildman–Crippen LogP) is 3.43. The molecule has 2 aromatic carbocycles. The van der Waals surface area contributed by atoms with Crippen LogP contribution in [0, 0.1) is 0 Å². The molecule has 0 saturated carbocycles. The third kappa shape index (κ3) is 0.560. The Morgan fingerprint density at radius 3 is 3.08 bits per heavy atom. The van der Waals surface area contributed by atoms with Crippen molar-refractivity contribution in [2.24, 2.45) is 0 Å². The zero-order chi connectivity index (χ0) is 8.41. The predicted molar refractivity (Wildman–Crippen MR) is 53.0 cm³/mol. The van der Waals surface area contributed by atoms with Crippen LogP contribution in [0.25, 0.3) is 22.9 Å². The van der Waals surface area contributed by atoms with E-state index in [1.165, 1.54) is 21.9 Å². The molecule has 0 radical (unpaired) electrons. The van der Waals surface area contributed by atoms with Gasteiger partial charge in [0.15, 0.2) is 11.5 Å². The van der Waals surface area contributed by atoms with E-state index in [9.17, 15) is 0 Å². The van der Waals surface area contributed by atoms with E-state index < -0.39 is 0 Å². The average molecular weight is 166 g/mol. The first-order chi connectivity index (χ1) is 6.43. The van der Waals surface area contributed by atoms with Crippen LogP contribution in [0.1, 0.15) is 11.1 Å². The molecule has 4 rings (SSSR count). The highest BCUT2D eigenvalue weighted by atomic mass is 16.6. The van der Waals surface area contributed by atoms with Crippen molar-refractivity contribution in [1.29, 1.82) is 0 Å². The lowest BCUT2D eigenvalue weighted by Gasteiger charge is -1.96. The lowest BCUT2D eigenvalue weighted by molar-refractivity contribution is 0.649. The first-order valence-electron chi connectivity index (χ1n) is 4.39. The van der Waals surface area contributed by atoms with Crippen molar-refractivity contribution in [1.82, 2.24) is 0 Å². The summed E-state index contributed by atoms with van der Waals surface area (Å²) < 4.78 is 5.39. The summed E-state index contributed by atoms with van der Waals surface area (Å²) in [7, 11) is 0. The maximum Gasteiger partial charge on any atom is 0.178 e. The SMILES string of the molecule is C1=Cc2c3c(cc4cccc1c24)O3. The third-order valence-electron chi connectivity index (χ3n) is 2.75. The Morgan fingerprint density at radius 2 is 2.08 bits per heavy atom. The molecule has 1 aliphatic heterocycles. The van der Waals surface area contributed by atoms with Gasteiger partial charge >= 0.3 is 0 Å². The van der Waals surface area contributed by atoms with Crippen LogP contribution in [0.2, 0.25) is 0 Å². The van der Waals surface area contributed by atoms with Crippen LogP contribution in [0.3, 0.4) is 0 Å². The lowest BCUT2D eigenvalue weighted by atomic mass is 10.0. The molecule has 0 amide bonds. The third-order valence-corrected chi connectivity index (χ3v) is 2.75. The molecule has 0 atom stereocenters. The minimum atomic E-state index is 1.05. The molecule has 2 aromatic rings. The summed E-state index contributed by atoms with van der Waals surface area (Å²) >= 11 is 0. The van der Waals surface area contributed by atoms with Gasteiger partial charge in [-0.15, -0.1) is 0 Å². The molecule has 0 spiro atoms. The van der Waals surface area contributed by atoms with Gasteiger partial charge in [0, 0.05) is 10.9 Å². The summed E-state index contributed by atoms with van der Waals surface area (Å²) in [6.07, 6.45) is 4.29. The molecule has 0 fully saturated rings. The Labute approximate surface area is 75.3 Å². The normalized spacial score (nSPS) is 14.5. The minimum Gasteiger partial charge on any atom is -0.449 e. The van der Waals surface area contributed by atoms with Crippen molar-refractivity contribution in [3.8, 4) is 11.5 Å². The Hall–Kier alpha value is -1.76. The zero-order valence-corrected chi connectivity index (χ0v) is 6.87. The van der Waals surface area contributed by atoms with Crippen molar-refractivity contribution < 1.29 is 4.74 Å². The summed E-state index contributed by atoms with van der Waals surface area (Å²) in [4.78, 5) is 0. The Bertz CT molecular complexity index is 579. The van der Waals surface area contributed by atoms with Crippen LogP contribution in [0.15, 0.2) is 24.3 Å². The maximum atomic E-state index is 5.39. The van der Waals surface area contributed by atoms with Crippen LogP contribution in [-0.2, 0) is 0 Å². The number of hydrogen-bond donors (Lipinski definition) is 0. The van der Waals surface area contributed by atoms with Crippen molar-refractivity contribution in [3.63, 3.8) is 0 Å². The van der Waals surface area contributed by atoms with Gasteiger partial charge in [0.25, 0.3) is 0 Å². The van der Waals surface area contributed by atoms with Gasteiger partial charge in [-0.25, -0.2) is 0 Å². The number of fused-ring (bicyclic) bond motifs is 2. The molecule has 0 saturated heterocycles. The van der Waals surface area contributed by atoms with Crippen molar-refractivity contribution in [2.45, 2.75) is 0 Å². The molecule has 1 nitrogen and oxygen atoms in total. The highest BCUT2D eigenvalue weighted by Gasteiger charge is 2.28. The molecule has 1 heterocycles. The first kappa shape index (κ1) is 5.81. The summed E-state index contributed by atoms with van der Waals surface area (Å²) in [5.74, 6) is 2.12. The van der Waals surface area contributed by atoms with Gasteiger partial charge < -0.3 is 4.74 Å². The number of benzene rings is 2. The molecule has 0 unspecified atom stereocenters. The second kappa shape index (κ2) is 1.62. The van der Waals surface area contributed by atoms with E-state index in [1.54, 1.807) is 0 Å². The highest BCUT2D eigenvalue weighted by molar-refractivity contribution is 6.09. The Balaban J connectivity index is 2.39. The van der Waals surface area contributed by atoms with E-state index >= 15 is 0 Å². The fraction of sp³-hybridized carbons (Fsp3) is 0. The van der Waals surface area contributed by atoms with E-state index in [2.05, 4.69) is 36.4 Å². The molecule has 1 aliphatic carbocycles. The number of ether oxygens (including phenoxy) is 1. The molecule has 60 valence electrons. The summed E-state index contributed by atoms with van der Waals surface area (Å²) in [5.41, 5.74) is 2.58. The van der Waals surface area contributed by atoms with Crippen LogP contribution in [-0.4, -0.2) is 0 Å². The van der Waals surface area contributed by atoms with E-state index in [4.69, 9.17) is 4.74 Å². The topological polar surface area (TPSA) is 12.5 Å². The maximum absolute atomic E-state index is 5.39. The molecule has 13 heavy (non-hydrogen) atoms. The number of rotatable bonds is 0. The standard InChI is InChI=1S/C12H6O/c1-2-7-4-5-9-11(7)8(3-1)6-10-12(9)13-10/h1-6H. The van der Waals surface area contributed by atoms with Gasteiger partial charge in [0.2, 0.25) is 0 Å². The van der Waals surface area contributed by atoms with Crippen LogP contribution >= 0.6 is 0 Å². The first-order valence-corrected chi connectivity index (χ1v) is 4.39. The quantitative estimate of drug-likeness (QED) is 0.364. The van der Waals surface area contributed by atoms with E-state index in [0.29, 0.717) is 0 Å². The molecule has 0 bridgehead atoms. The van der Waals surface area contributed by atoms with Gasteiger partial charge in [-0.3, -0.25) is 0 Å². The summed E-state index contributed by atoms with van der Waals surface area (Å²) in [5, 5.41) is 2.63. The second-order valence-electron chi connectivity index (χ2n) is 3.50. The lowest BCUT2D eigenvalue weighted by Crippen LogP contribution is -1.73. The zero-order valence-electron chi connectivity index (χ0n) is 6.87. The summed E-state index contributed by atoms with van der Waals surface area (Å²) in [6, 6.07) is 8.48. The van der Waals surface area contributed by atoms with Gasteiger partial charge in [-0.2, -0.15) is 0 Å². The van der Waals surface area contributed by atoms with Crippen molar-refractivity contribution in [3.05, 3.63) is 35.4 Å². The Kier molecular flexibility index (Phi) is 0.724. The molecule has 0 N–H and O–H groups in total. The second-order valence-corrected chi connectivity index (χ2v) is 3.50. The van der Waals surface area contributed by atoms with Gasteiger partial charge in [0.05, 0.1) is 0 Å². The Morgan fingerprint density at radius 1 is 1.08 bits per heavy atom. The molecular formula is C12H6O. The highest BCUT2D eigenvalue weighted by Crippen LogP contribution is 2.54. The fourth-order valence-electron chi connectivity index (χ4n) is 2.11. The fourth-order valence-corrected chi connectivity index (χ4v) is 2.11. The van der Waals surface area contributed by atoms with Crippen molar-refractivity contribution in [2.75, 3.05) is 0 Å². The smallest absolute Gasteiger partial charge is 0.178 e. The van der Waals surface area contributed by atoms with E-state index in [-0.39, 0.29) is 0 Å². The summed E-state index contributed by atoms with van der Waals surface area (Å²) in [6.45, 7) is 0. The van der Waals surface area contributed by atoms with Gasteiger partial charge in [-0.1, -0.05) is 24.3 Å². The van der Waals surface area contributed by atoms with Crippen LogP contribution < -0.4 is 4.74 Å². The average Bonchev–Trinajstić information content (AvgIpc) is 2.79. The van der Waals surface area contributed by atoms with Gasteiger partial charge in [-0.05, 0) is 23.1 Å². The monoisotopic (exact) mass is 166 g/mol. The van der Waals surface area contributed by atoms with E-state index in [0.717, 1.165) is 11.5 Å². The minimum absolute atomic E-state index is 1.05. The van der Waals surface area contributed by atoms with Crippen LogP contribution in [0.5, 0.6) is 11.5 Å². The van der Waals surface area contributed by atoms with Gasteiger partial charge in [0.1, 0.15) is 0 Å². The molecule has 0 aromatic heterocycles. The van der Waals surface area contributed by atoms with E-state index in [1.807, 2.05) is 0 Å². The number of hydrogen-bond acceptors (Lipinski definition) is 1. The van der Waals surface area contributed by atoms with Crippen LogP contribution in [0.4, 0.5) is 0 Å².